The number of nitrogens with zero attached hydrogens (tertiary/aromatic N) is 1. The molecular weight excluding hydrogens is 407 g/mol. The molecule has 146 valence electrons. The van der Waals surface area contributed by atoms with E-state index in [0.717, 1.165) is 32.5 Å². The van der Waals surface area contributed by atoms with Crippen LogP contribution in [0.5, 0.6) is 5.75 Å². The third-order valence-electron chi connectivity index (χ3n) is 4.52. The highest BCUT2D eigenvalue weighted by molar-refractivity contribution is 7.89. The van der Waals surface area contributed by atoms with Gasteiger partial charge in [-0.3, -0.25) is 4.90 Å². The molecule has 1 N–H and O–H groups in total. The number of piperidine rings is 1. The first-order chi connectivity index (χ1) is 12.9. The molecule has 0 radical (unpaired) electrons. The Morgan fingerprint density at radius 3 is 2.44 bits per heavy atom. The Morgan fingerprint density at radius 2 is 1.78 bits per heavy atom. The fourth-order valence-corrected chi connectivity index (χ4v) is 4.83. The van der Waals surface area contributed by atoms with Crippen LogP contribution in [-0.2, 0) is 10.0 Å². The molecule has 0 bridgehead atoms. The first-order valence-corrected chi connectivity index (χ1v) is 11.1. The summed E-state index contributed by atoms with van der Waals surface area (Å²) in [5.41, 5.74) is 0. The van der Waals surface area contributed by atoms with Gasteiger partial charge in [0.1, 0.15) is 12.4 Å². The van der Waals surface area contributed by atoms with Crippen molar-refractivity contribution in [3.8, 4) is 5.75 Å². The topological polar surface area (TPSA) is 58.6 Å². The van der Waals surface area contributed by atoms with Crippen LogP contribution in [-0.4, -0.2) is 45.6 Å². The van der Waals surface area contributed by atoms with E-state index in [1.165, 1.54) is 0 Å². The number of benzene rings is 2. The van der Waals surface area contributed by atoms with Crippen molar-refractivity contribution in [2.45, 2.75) is 23.8 Å². The Hall–Kier alpha value is -1.31. The van der Waals surface area contributed by atoms with Crippen LogP contribution in [0.15, 0.2) is 53.4 Å². The van der Waals surface area contributed by atoms with Gasteiger partial charge in [-0.05, 0) is 56.3 Å². The van der Waals surface area contributed by atoms with Gasteiger partial charge in [0.2, 0.25) is 10.0 Å². The van der Waals surface area contributed by atoms with Crippen molar-refractivity contribution in [1.29, 1.82) is 0 Å². The smallest absolute Gasteiger partial charge is 0.240 e. The van der Waals surface area contributed by atoms with Crippen LogP contribution in [0.4, 0.5) is 0 Å². The van der Waals surface area contributed by atoms with Gasteiger partial charge in [0.05, 0.1) is 9.92 Å². The Morgan fingerprint density at radius 1 is 1.07 bits per heavy atom. The SMILES string of the molecule is O=S(=O)(NC1CCN(CCOc2ccc(Cl)cc2Cl)CC1)c1ccccc1. The average Bonchev–Trinajstić information content (AvgIpc) is 2.65. The van der Waals surface area contributed by atoms with E-state index in [1.807, 2.05) is 0 Å². The summed E-state index contributed by atoms with van der Waals surface area (Å²) in [4.78, 5) is 2.57. The molecule has 1 saturated heterocycles. The van der Waals surface area contributed by atoms with E-state index < -0.39 is 10.0 Å². The zero-order chi connectivity index (χ0) is 19.3. The van der Waals surface area contributed by atoms with Gasteiger partial charge < -0.3 is 4.74 Å². The number of rotatable bonds is 7. The second-order valence-electron chi connectivity index (χ2n) is 6.47. The molecule has 0 aromatic heterocycles. The molecule has 3 rings (SSSR count). The van der Waals surface area contributed by atoms with E-state index in [1.54, 1.807) is 48.5 Å². The number of ether oxygens (including phenoxy) is 1. The molecule has 1 aliphatic rings. The average molecular weight is 429 g/mol. The van der Waals surface area contributed by atoms with Crippen LogP contribution in [0.2, 0.25) is 10.0 Å². The van der Waals surface area contributed by atoms with E-state index in [-0.39, 0.29) is 6.04 Å². The fourth-order valence-electron chi connectivity index (χ4n) is 3.04. The van der Waals surface area contributed by atoms with Crippen LogP contribution >= 0.6 is 23.2 Å². The molecule has 1 heterocycles. The van der Waals surface area contributed by atoms with Crippen molar-refractivity contribution in [2.24, 2.45) is 0 Å². The monoisotopic (exact) mass is 428 g/mol. The van der Waals surface area contributed by atoms with Crippen LogP contribution in [0, 0.1) is 0 Å². The zero-order valence-corrected chi connectivity index (χ0v) is 17.1. The van der Waals surface area contributed by atoms with Gasteiger partial charge in [0.15, 0.2) is 0 Å². The van der Waals surface area contributed by atoms with E-state index in [4.69, 9.17) is 27.9 Å². The Kier molecular flexibility index (Phi) is 7.00. The molecule has 8 heteroatoms. The highest BCUT2D eigenvalue weighted by Crippen LogP contribution is 2.27. The molecule has 2 aromatic rings. The third kappa shape index (κ3) is 5.83. The Labute approximate surface area is 170 Å². The van der Waals surface area contributed by atoms with Gasteiger partial charge in [-0.25, -0.2) is 13.1 Å². The summed E-state index contributed by atoms with van der Waals surface area (Å²) in [6, 6.07) is 13.6. The maximum Gasteiger partial charge on any atom is 0.240 e. The van der Waals surface area contributed by atoms with Crippen LogP contribution in [0.25, 0.3) is 0 Å². The fraction of sp³-hybridized carbons (Fsp3) is 0.368. The molecule has 27 heavy (non-hydrogen) atoms. The maximum atomic E-state index is 12.4. The minimum atomic E-state index is -3.46. The normalized spacial score (nSPS) is 16.4. The first kappa shape index (κ1) is 20.4. The quantitative estimate of drug-likeness (QED) is 0.727. The third-order valence-corrected chi connectivity index (χ3v) is 6.59. The highest BCUT2D eigenvalue weighted by atomic mass is 35.5. The standard InChI is InChI=1S/C19H22Cl2N2O3S/c20-15-6-7-19(18(21)14-15)26-13-12-23-10-8-16(9-11-23)22-27(24,25)17-4-2-1-3-5-17/h1-7,14,16,22H,8-13H2. The van der Waals surface area contributed by atoms with Gasteiger partial charge in [0, 0.05) is 17.6 Å². The number of hydrogen-bond donors (Lipinski definition) is 1. The second kappa shape index (κ2) is 9.26. The number of likely N-dealkylation sites (tertiary alicyclic amines) is 1. The summed E-state index contributed by atoms with van der Waals surface area (Å²) in [5, 5.41) is 1.07. The lowest BCUT2D eigenvalue weighted by atomic mass is 10.1. The number of nitrogens with one attached hydrogen (secondary N) is 1. The molecule has 5 nitrogen and oxygen atoms in total. The summed E-state index contributed by atoms with van der Waals surface area (Å²) < 4.78 is 33.3. The van der Waals surface area contributed by atoms with Gasteiger partial charge in [-0.2, -0.15) is 0 Å². The van der Waals surface area contributed by atoms with Crippen molar-refractivity contribution in [3.63, 3.8) is 0 Å². The van der Waals surface area contributed by atoms with Crippen molar-refractivity contribution < 1.29 is 13.2 Å². The largest absolute Gasteiger partial charge is 0.491 e. The minimum absolute atomic E-state index is 0.0434. The minimum Gasteiger partial charge on any atom is -0.491 e. The van der Waals surface area contributed by atoms with E-state index >= 15 is 0 Å². The van der Waals surface area contributed by atoms with E-state index in [0.29, 0.717) is 27.3 Å². The van der Waals surface area contributed by atoms with Crippen molar-refractivity contribution >= 4 is 33.2 Å². The molecule has 0 saturated carbocycles. The first-order valence-electron chi connectivity index (χ1n) is 8.81. The second-order valence-corrected chi connectivity index (χ2v) is 9.03. The summed E-state index contributed by atoms with van der Waals surface area (Å²) >= 11 is 12.0. The Bertz CT molecular complexity index is 855. The van der Waals surface area contributed by atoms with Crippen LogP contribution < -0.4 is 9.46 Å². The molecule has 1 aliphatic heterocycles. The summed E-state index contributed by atoms with van der Waals surface area (Å²) in [5.74, 6) is 0.617. The number of sulfonamides is 1. The van der Waals surface area contributed by atoms with Crippen molar-refractivity contribution in [2.75, 3.05) is 26.2 Å². The summed E-state index contributed by atoms with van der Waals surface area (Å²) in [6.45, 7) is 2.91. The van der Waals surface area contributed by atoms with E-state index in [2.05, 4.69) is 9.62 Å². The lowest BCUT2D eigenvalue weighted by Gasteiger charge is -2.32. The van der Waals surface area contributed by atoms with Gasteiger partial charge in [0.25, 0.3) is 0 Å². The number of halogens is 2. The summed E-state index contributed by atoms with van der Waals surface area (Å²) in [7, 11) is -3.46. The molecule has 0 atom stereocenters. The van der Waals surface area contributed by atoms with Crippen LogP contribution in [0.1, 0.15) is 12.8 Å². The molecule has 0 spiro atoms. The molecular formula is C19H22Cl2N2O3S. The molecule has 0 aliphatic carbocycles. The van der Waals surface area contributed by atoms with Crippen molar-refractivity contribution in [3.05, 3.63) is 58.6 Å². The predicted molar refractivity (Wildman–Crippen MR) is 108 cm³/mol. The zero-order valence-electron chi connectivity index (χ0n) is 14.8. The lowest BCUT2D eigenvalue weighted by Crippen LogP contribution is -2.45. The van der Waals surface area contributed by atoms with Gasteiger partial charge in [-0.1, -0.05) is 41.4 Å². The molecule has 0 amide bonds. The maximum absolute atomic E-state index is 12.4. The number of hydrogen-bond acceptors (Lipinski definition) is 4. The van der Waals surface area contributed by atoms with Crippen molar-refractivity contribution in [1.82, 2.24) is 9.62 Å². The molecule has 1 fully saturated rings. The molecule has 2 aromatic carbocycles. The predicted octanol–water partition coefficient (Wildman–Crippen LogP) is 3.82. The van der Waals surface area contributed by atoms with E-state index in [9.17, 15) is 8.42 Å². The van der Waals surface area contributed by atoms with Crippen LogP contribution in [0.3, 0.4) is 0 Å². The lowest BCUT2D eigenvalue weighted by molar-refractivity contribution is 0.170. The highest BCUT2D eigenvalue weighted by Gasteiger charge is 2.24. The summed E-state index contributed by atoms with van der Waals surface area (Å²) in [6.07, 6.45) is 1.54. The van der Waals surface area contributed by atoms with Gasteiger partial charge in [-0.15, -0.1) is 0 Å². The molecule has 0 unspecified atom stereocenters. The Balaban J connectivity index is 1.42. The van der Waals surface area contributed by atoms with Gasteiger partial charge >= 0.3 is 0 Å².